The maximum atomic E-state index is 14.9. The quantitative estimate of drug-likeness (QED) is 0.469. The molecule has 2 aromatic rings. The SMILES string of the molecule is CCOC(=O)c1cn(C2CC2)c2c(/C=C\C[C@@H]3C[C@@H](O)CN3C(=O)C(F)(F)F)c(F)c(F)cc2c1=O. The topological polar surface area (TPSA) is 88.8 Å². The number of pyridine rings is 1. The summed E-state index contributed by atoms with van der Waals surface area (Å²) < 4.78 is 74.6. The molecular weight excluding hydrogens is 491 g/mol. The number of esters is 1. The van der Waals surface area contributed by atoms with E-state index in [0.29, 0.717) is 23.8 Å². The molecular formula is C24H23F5N2O5. The van der Waals surface area contributed by atoms with Crippen molar-refractivity contribution in [2.24, 2.45) is 0 Å². The number of amides is 1. The molecule has 194 valence electrons. The van der Waals surface area contributed by atoms with Gasteiger partial charge in [0.1, 0.15) is 5.56 Å². The molecule has 2 heterocycles. The highest BCUT2D eigenvalue weighted by atomic mass is 19.4. The van der Waals surface area contributed by atoms with E-state index in [1.54, 1.807) is 6.92 Å². The van der Waals surface area contributed by atoms with Crippen molar-refractivity contribution in [3.05, 3.63) is 51.3 Å². The van der Waals surface area contributed by atoms with Gasteiger partial charge in [0.2, 0.25) is 5.43 Å². The summed E-state index contributed by atoms with van der Waals surface area (Å²) >= 11 is 0. The first kappa shape index (κ1) is 25.8. The summed E-state index contributed by atoms with van der Waals surface area (Å²) in [6.45, 7) is 1.07. The molecule has 2 aliphatic rings. The number of carbonyl (C=O) groups excluding carboxylic acids is 2. The van der Waals surface area contributed by atoms with Gasteiger partial charge in [-0.3, -0.25) is 9.59 Å². The number of hydrogen-bond donors (Lipinski definition) is 1. The average molecular weight is 514 g/mol. The predicted octanol–water partition coefficient (Wildman–Crippen LogP) is 3.72. The molecule has 2 fully saturated rings. The molecule has 1 N–H and O–H groups in total. The number of rotatable bonds is 6. The van der Waals surface area contributed by atoms with E-state index >= 15 is 0 Å². The lowest BCUT2D eigenvalue weighted by molar-refractivity contribution is -0.186. The standard InChI is InChI=1S/C24H23F5N2O5/c1-2-36-22(34)17-11-30(12-6-7-12)20-15(19(26)18(25)9-16(20)21(17)33)5-3-4-13-8-14(32)10-31(13)23(35)24(27,28)29/h3,5,9,11-14,32H,2,4,6-8,10H2,1H3/b5-3-/t13-,14-/m1/s1. The summed E-state index contributed by atoms with van der Waals surface area (Å²) in [5, 5.41) is 9.56. The van der Waals surface area contributed by atoms with Crippen molar-refractivity contribution in [2.45, 2.75) is 57.0 Å². The van der Waals surface area contributed by atoms with Gasteiger partial charge in [-0.05, 0) is 38.7 Å². The lowest BCUT2D eigenvalue weighted by Gasteiger charge is -2.24. The highest BCUT2D eigenvalue weighted by Crippen LogP contribution is 2.39. The summed E-state index contributed by atoms with van der Waals surface area (Å²) in [4.78, 5) is 37.5. The molecule has 1 aromatic carbocycles. The number of benzene rings is 1. The number of likely N-dealkylation sites (tertiary alicyclic amines) is 1. The Bertz CT molecular complexity index is 1300. The van der Waals surface area contributed by atoms with Crippen molar-refractivity contribution < 1.29 is 41.4 Å². The summed E-state index contributed by atoms with van der Waals surface area (Å²) in [5.74, 6) is -5.59. The Labute approximate surface area is 201 Å². The van der Waals surface area contributed by atoms with Crippen LogP contribution in [-0.4, -0.2) is 57.9 Å². The summed E-state index contributed by atoms with van der Waals surface area (Å²) in [7, 11) is 0. The minimum Gasteiger partial charge on any atom is -0.462 e. The van der Waals surface area contributed by atoms with Crippen LogP contribution >= 0.6 is 0 Å². The number of ether oxygens (including phenoxy) is 1. The van der Waals surface area contributed by atoms with Crippen LogP contribution in [0.3, 0.4) is 0 Å². The van der Waals surface area contributed by atoms with Gasteiger partial charge in [-0.2, -0.15) is 13.2 Å². The molecule has 4 rings (SSSR count). The van der Waals surface area contributed by atoms with Crippen molar-refractivity contribution in [1.29, 1.82) is 0 Å². The van der Waals surface area contributed by atoms with Gasteiger partial charge >= 0.3 is 18.1 Å². The molecule has 2 atom stereocenters. The number of halogens is 5. The van der Waals surface area contributed by atoms with E-state index in [1.165, 1.54) is 16.8 Å². The van der Waals surface area contributed by atoms with E-state index < -0.39 is 53.8 Å². The average Bonchev–Trinajstić information content (AvgIpc) is 3.58. The van der Waals surface area contributed by atoms with Crippen LogP contribution in [0.4, 0.5) is 22.0 Å². The molecule has 7 nitrogen and oxygen atoms in total. The number of alkyl halides is 3. The molecule has 1 aromatic heterocycles. The highest BCUT2D eigenvalue weighted by Gasteiger charge is 2.47. The second-order valence-electron chi connectivity index (χ2n) is 8.85. The Hall–Kier alpha value is -3.28. The van der Waals surface area contributed by atoms with Crippen LogP contribution in [0.15, 0.2) is 23.1 Å². The number of aliphatic hydroxyl groups excluding tert-OH is 1. The second kappa shape index (κ2) is 9.64. The largest absolute Gasteiger partial charge is 0.471 e. The van der Waals surface area contributed by atoms with E-state index in [1.807, 2.05) is 0 Å². The van der Waals surface area contributed by atoms with Crippen molar-refractivity contribution in [3.8, 4) is 0 Å². The molecule has 12 heteroatoms. The van der Waals surface area contributed by atoms with Gasteiger partial charge in [0, 0.05) is 30.4 Å². The number of β-amino-alcohol motifs (C(OH)–C–C–N with tert-alkyl or cyclic N) is 1. The summed E-state index contributed by atoms with van der Waals surface area (Å²) in [6.07, 6.45) is -1.53. The Kier molecular flexibility index (Phi) is 6.91. The van der Waals surface area contributed by atoms with Crippen LogP contribution < -0.4 is 5.43 Å². The van der Waals surface area contributed by atoms with Crippen LogP contribution in [0.2, 0.25) is 0 Å². The fourth-order valence-electron chi connectivity index (χ4n) is 4.51. The Morgan fingerprint density at radius 3 is 2.56 bits per heavy atom. The summed E-state index contributed by atoms with van der Waals surface area (Å²) in [6, 6.07) is -0.458. The zero-order valence-corrected chi connectivity index (χ0v) is 19.1. The molecule has 36 heavy (non-hydrogen) atoms. The zero-order valence-electron chi connectivity index (χ0n) is 19.1. The molecule has 0 bridgehead atoms. The van der Waals surface area contributed by atoms with Crippen molar-refractivity contribution in [2.75, 3.05) is 13.2 Å². The van der Waals surface area contributed by atoms with Gasteiger partial charge in [0.15, 0.2) is 11.6 Å². The first-order valence-corrected chi connectivity index (χ1v) is 11.4. The van der Waals surface area contributed by atoms with Crippen LogP contribution in [0.1, 0.15) is 54.6 Å². The fourth-order valence-corrected chi connectivity index (χ4v) is 4.51. The van der Waals surface area contributed by atoms with Gasteiger partial charge in [-0.25, -0.2) is 13.6 Å². The lowest BCUT2D eigenvalue weighted by Crippen LogP contribution is -2.44. The fraction of sp³-hybridized carbons (Fsp3) is 0.458. The number of hydrogen-bond acceptors (Lipinski definition) is 5. The maximum absolute atomic E-state index is 14.9. The molecule has 0 radical (unpaired) electrons. The van der Waals surface area contributed by atoms with Crippen LogP contribution in [0, 0.1) is 11.6 Å². The van der Waals surface area contributed by atoms with Crippen LogP contribution in [0.5, 0.6) is 0 Å². The number of carbonyl (C=O) groups is 2. The first-order chi connectivity index (χ1) is 16.9. The number of nitrogens with zero attached hydrogens (tertiary/aromatic N) is 2. The van der Waals surface area contributed by atoms with Crippen molar-refractivity contribution in [3.63, 3.8) is 0 Å². The highest BCUT2D eigenvalue weighted by molar-refractivity contribution is 5.96. The number of aromatic nitrogens is 1. The third-order valence-corrected chi connectivity index (χ3v) is 6.27. The number of aliphatic hydroxyl groups is 1. The molecule has 1 saturated carbocycles. The van der Waals surface area contributed by atoms with Crippen LogP contribution in [-0.2, 0) is 9.53 Å². The third-order valence-electron chi connectivity index (χ3n) is 6.27. The second-order valence-corrected chi connectivity index (χ2v) is 8.85. The van der Waals surface area contributed by atoms with Gasteiger partial charge in [-0.15, -0.1) is 0 Å². The number of fused-ring (bicyclic) bond motifs is 1. The van der Waals surface area contributed by atoms with Crippen molar-refractivity contribution in [1.82, 2.24) is 9.47 Å². The van der Waals surface area contributed by atoms with E-state index in [4.69, 9.17) is 4.74 Å². The third kappa shape index (κ3) is 4.86. The Balaban J connectivity index is 1.75. The van der Waals surface area contributed by atoms with Crippen LogP contribution in [0.25, 0.3) is 17.0 Å². The lowest BCUT2D eigenvalue weighted by atomic mass is 10.0. The van der Waals surface area contributed by atoms with Crippen molar-refractivity contribution >= 4 is 28.9 Å². The normalized spacial score (nSPS) is 20.5. The first-order valence-electron chi connectivity index (χ1n) is 11.4. The summed E-state index contributed by atoms with van der Waals surface area (Å²) in [5.41, 5.74) is -1.43. The Morgan fingerprint density at radius 2 is 1.94 bits per heavy atom. The van der Waals surface area contributed by atoms with Gasteiger partial charge < -0.3 is 19.3 Å². The van der Waals surface area contributed by atoms with E-state index in [0.717, 1.165) is 6.08 Å². The minimum absolute atomic E-state index is 0.00916. The monoisotopic (exact) mass is 514 g/mol. The zero-order chi connectivity index (χ0) is 26.4. The minimum atomic E-state index is -5.12. The molecule has 0 unspecified atom stereocenters. The molecule has 1 saturated heterocycles. The van der Waals surface area contributed by atoms with Gasteiger partial charge in [-0.1, -0.05) is 12.2 Å². The smallest absolute Gasteiger partial charge is 0.462 e. The molecule has 0 spiro atoms. The van der Waals surface area contributed by atoms with E-state index in [-0.39, 0.29) is 47.5 Å². The Morgan fingerprint density at radius 1 is 1.25 bits per heavy atom. The van der Waals surface area contributed by atoms with Gasteiger partial charge in [0.05, 0.1) is 23.6 Å². The molecule has 1 aliphatic heterocycles. The van der Waals surface area contributed by atoms with E-state index in [2.05, 4.69) is 0 Å². The molecule has 1 aliphatic carbocycles. The predicted molar refractivity (Wildman–Crippen MR) is 118 cm³/mol. The maximum Gasteiger partial charge on any atom is 0.471 e. The molecule has 1 amide bonds. The van der Waals surface area contributed by atoms with Gasteiger partial charge in [0.25, 0.3) is 0 Å². The van der Waals surface area contributed by atoms with E-state index in [9.17, 15) is 41.4 Å².